The molecule has 0 aromatic rings. The van der Waals surface area contributed by atoms with Gasteiger partial charge in [-0.1, -0.05) is 6.92 Å². The molecule has 2 heteroatoms. The third kappa shape index (κ3) is 2.27. The Morgan fingerprint density at radius 2 is 2.50 bits per heavy atom. The first-order valence-electron chi connectivity index (χ1n) is 1.87. The van der Waals surface area contributed by atoms with Crippen molar-refractivity contribution in [2.45, 2.75) is 18.6 Å². The maximum absolute atomic E-state index is 9.53. The van der Waals surface area contributed by atoms with Crippen LogP contribution >= 0.6 is 12.6 Å². The highest BCUT2D eigenvalue weighted by molar-refractivity contribution is 7.81. The smallest absolute Gasteiger partial charge is 0.212 e. The van der Waals surface area contributed by atoms with Crippen LogP contribution in [0.25, 0.3) is 0 Å². The summed E-state index contributed by atoms with van der Waals surface area (Å²) >= 11 is 3.81. The molecule has 0 heterocycles. The number of carbonyl (C=O) groups excluding carboxylic acids is 1. The van der Waals surface area contributed by atoms with Crippen LogP contribution in [0.15, 0.2) is 0 Å². The van der Waals surface area contributed by atoms with Crippen molar-refractivity contribution < 1.29 is 4.79 Å². The second-order valence-electron chi connectivity index (χ2n) is 1.04. The Labute approximate surface area is 43.2 Å². The fourth-order valence-electron chi connectivity index (χ4n) is 0.0833. The van der Waals surface area contributed by atoms with Crippen molar-refractivity contribution in [3.05, 3.63) is 0 Å². The molecule has 0 fully saturated rings. The van der Waals surface area contributed by atoms with Gasteiger partial charge in [0.2, 0.25) is 6.29 Å². The Bertz CT molecular complexity index is 44.8. The molecule has 0 N–H and O–H groups in total. The highest BCUT2D eigenvalue weighted by atomic mass is 32.1. The zero-order valence-corrected chi connectivity index (χ0v) is 4.53. The lowest BCUT2D eigenvalue weighted by Gasteiger charge is -1.87. The Morgan fingerprint density at radius 3 is 2.50 bits per heavy atom. The second-order valence-corrected chi connectivity index (χ2v) is 1.67. The highest BCUT2D eigenvalue weighted by Gasteiger charge is 1.92. The summed E-state index contributed by atoms with van der Waals surface area (Å²) in [5, 5.41) is -0.176. The summed E-state index contributed by atoms with van der Waals surface area (Å²) in [7, 11) is 0. The minimum absolute atomic E-state index is 0.176. The van der Waals surface area contributed by atoms with E-state index in [2.05, 4.69) is 12.6 Å². The molecule has 1 unspecified atom stereocenters. The molecular formula is C4H7OS. The molecule has 0 amide bonds. The summed E-state index contributed by atoms with van der Waals surface area (Å²) in [5.74, 6) is 0. The van der Waals surface area contributed by atoms with E-state index in [1.54, 1.807) is 6.29 Å². The molecule has 1 atom stereocenters. The first kappa shape index (κ1) is 6.02. The molecule has 0 bridgehead atoms. The van der Waals surface area contributed by atoms with Gasteiger partial charge in [-0.15, -0.1) is 0 Å². The van der Waals surface area contributed by atoms with Crippen molar-refractivity contribution >= 4 is 18.9 Å². The molecular weight excluding hydrogens is 96.1 g/mol. The van der Waals surface area contributed by atoms with Gasteiger partial charge in [-0.3, -0.25) is 4.79 Å². The number of thiol groups is 1. The van der Waals surface area contributed by atoms with E-state index in [0.717, 1.165) is 6.42 Å². The summed E-state index contributed by atoms with van der Waals surface area (Å²) in [6.07, 6.45) is 2.50. The zero-order valence-electron chi connectivity index (χ0n) is 3.64. The van der Waals surface area contributed by atoms with Crippen molar-refractivity contribution in [3.63, 3.8) is 0 Å². The van der Waals surface area contributed by atoms with Crippen LogP contribution < -0.4 is 0 Å². The van der Waals surface area contributed by atoms with E-state index in [0.29, 0.717) is 0 Å². The van der Waals surface area contributed by atoms with Crippen LogP contribution in [-0.4, -0.2) is 11.5 Å². The predicted molar refractivity (Wildman–Crippen MR) is 28.8 cm³/mol. The first-order chi connectivity index (χ1) is 2.81. The summed E-state index contributed by atoms with van der Waals surface area (Å²) < 4.78 is 0. The summed E-state index contributed by atoms with van der Waals surface area (Å²) in [4.78, 5) is 9.53. The lowest BCUT2D eigenvalue weighted by atomic mass is 10.4. The summed E-state index contributed by atoms with van der Waals surface area (Å²) in [6, 6.07) is 0. The topological polar surface area (TPSA) is 17.1 Å². The van der Waals surface area contributed by atoms with Crippen LogP contribution in [0.1, 0.15) is 13.3 Å². The van der Waals surface area contributed by atoms with Gasteiger partial charge in [-0.05, 0) is 6.42 Å². The van der Waals surface area contributed by atoms with Crippen LogP contribution in [0.4, 0.5) is 0 Å². The van der Waals surface area contributed by atoms with Crippen LogP contribution in [0.5, 0.6) is 0 Å². The maximum atomic E-state index is 9.53. The summed E-state index contributed by atoms with van der Waals surface area (Å²) in [5.41, 5.74) is 0. The van der Waals surface area contributed by atoms with Gasteiger partial charge in [0.15, 0.2) is 0 Å². The van der Waals surface area contributed by atoms with Gasteiger partial charge in [-0.2, -0.15) is 12.6 Å². The predicted octanol–water partition coefficient (Wildman–Crippen LogP) is 0.804. The molecule has 0 aliphatic rings. The second kappa shape index (κ2) is 3.22. The van der Waals surface area contributed by atoms with E-state index in [1.165, 1.54) is 0 Å². The van der Waals surface area contributed by atoms with Gasteiger partial charge < -0.3 is 0 Å². The molecule has 0 spiro atoms. The zero-order chi connectivity index (χ0) is 4.99. The third-order valence-corrected chi connectivity index (χ3v) is 0.993. The largest absolute Gasteiger partial charge is 0.290 e. The first-order valence-corrected chi connectivity index (χ1v) is 2.38. The Hall–Kier alpha value is 0.0200. The fourth-order valence-corrected chi connectivity index (χ4v) is 0.0833. The van der Waals surface area contributed by atoms with Crippen molar-refractivity contribution in [2.24, 2.45) is 0 Å². The van der Waals surface area contributed by atoms with E-state index in [9.17, 15) is 4.79 Å². The molecule has 1 radical (unpaired) electrons. The lowest BCUT2D eigenvalue weighted by molar-refractivity contribution is 0.552. The van der Waals surface area contributed by atoms with Crippen LogP contribution in [-0.2, 0) is 4.79 Å². The maximum Gasteiger partial charge on any atom is 0.212 e. The number of rotatable bonds is 2. The van der Waals surface area contributed by atoms with Crippen molar-refractivity contribution in [1.29, 1.82) is 0 Å². The van der Waals surface area contributed by atoms with Crippen LogP contribution in [0.2, 0.25) is 0 Å². The number of hydrogen-bond donors (Lipinski definition) is 1. The Morgan fingerprint density at radius 1 is 2.00 bits per heavy atom. The SMILES string of the molecule is CCC(S)[C]=O. The monoisotopic (exact) mass is 103 g/mol. The highest BCUT2D eigenvalue weighted by Crippen LogP contribution is 1.92. The van der Waals surface area contributed by atoms with E-state index < -0.39 is 0 Å². The molecule has 0 rings (SSSR count). The molecule has 0 aromatic heterocycles. The Kier molecular flexibility index (Phi) is 3.23. The molecule has 0 saturated heterocycles. The molecule has 0 aliphatic carbocycles. The van der Waals surface area contributed by atoms with Crippen molar-refractivity contribution in [3.8, 4) is 0 Å². The standard InChI is InChI=1S/C4H7OS/c1-2-4(6)3-5/h4,6H,2H2,1H3. The van der Waals surface area contributed by atoms with E-state index in [1.807, 2.05) is 6.92 Å². The van der Waals surface area contributed by atoms with Crippen LogP contribution in [0.3, 0.4) is 0 Å². The van der Waals surface area contributed by atoms with Gasteiger partial charge >= 0.3 is 0 Å². The molecule has 6 heavy (non-hydrogen) atoms. The van der Waals surface area contributed by atoms with E-state index >= 15 is 0 Å². The molecule has 0 aliphatic heterocycles. The summed E-state index contributed by atoms with van der Waals surface area (Å²) in [6.45, 7) is 1.89. The average Bonchev–Trinajstić information content (AvgIpc) is 1.65. The van der Waals surface area contributed by atoms with Crippen LogP contribution in [0, 0.1) is 0 Å². The normalized spacial score (nSPS) is 13.7. The fraction of sp³-hybridized carbons (Fsp3) is 0.750. The lowest BCUT2D eigenvalue weighted by Crippen LogP contribution is -1.94. The van der Waals surface area contributed by atoms with E-state index in [-0.39, 0.29) is 5.25 Å². The van der Waals surface area contributed by atoms with Gasteiger partial charge in [0.1, 0.15) is 0 Å². The molecule has 35 valence electrons. The molecule has 1 nitrogen and oxygen atoms in total. The Balaban J connectivity index is 2.96. The molecule has 0 aromatic carbocycles. The van der Waals surface area contributed by atoms with Gasteiger partial charge in [-0.25, -0.2) is 0 Å². The minimum atomic E-state index is -0.176. The third-order valence-electron chi connectivity index (χ3n) is 0.523. The van der Waals surface area contributed by atoms with Crippen molar-refractivity contribution in [2.75, 3.05) is 0 Å². The average molecular weight is 103 g/mol. The van der Waals surface area contributed by atoms with Gasteiger partial charge in [0, 0.05) is 0 Å². The van der Waals surface area contributed by atoms with E-state index in [4.69, 9.17) is 0 Å². The van der Waals surface area contributed by atoms with Gasteiger partial charge in [0.05, 0.1) is 5.25 Å². The minimum Gasteiger partial charge on any atom is -0.290 e. The van der Waals surface area contributed by atoms with Crippen molar-refractivity contribution in [1.82, 2.24) is 0 Å². The quantitative estimate of drug-likeness (QED) is 0.512. The number of hydrogen-bond acceptors (Lipinski definition) is 2. The molecule has 0 saturated carbocycles. The van der Waals surface area contributed by atoms with Gasteiger partial charge in [0.25, 0.3) is 0 Å².